The predicted octanol–water partition coefficient (Wildman–Crippen LogP) is 2.49. The zero-order valence-corrected chi connectivity index (χ0v) is 11.9. The summed E-state index contributed by atoms with van der Waals surface area (Å²) in [4.78, 5) is 0. The SMILES string of the molecule is O=S1(=O)CCNC(c2ccccc2)C1c1ccccc1. The van der Waals surface area contributed by atoms with Crippen molar-refractivity contribution >= 4 is 9.84 Å². The lowest BCUT2D eigenvalue weighted by molar-refractivity contribution is 0.476. The highest BCUT2D eigenvalue weighted by Crippen LogP contribution is 2.38. The molecule has 2 unspecified atom stereocenters. The lowest BCUT2D eigenvalue weighted by Crippen LogP contribution is -2.41. The van der Waals surface area contributed by atoms with Crippen molar-refractivity contribution in [3.8, 4) is 0 Å². The molecular weight excluding hydrogens is 270 g/mol. The van der Waals surface area contributed by atoms with Crippen LogP contribution in [0.2, 0.25) is 0 Å². The fourth-order valence-electron chi connectivity index (χ4n) is 2.79. The highest BCUT2D eigenvalue weighted by Gasteiger charge is 2.38. The molecule has 1 aliphatic rings. The Morgan fingerprint density at radius 3 is 2.00 bits per heavy atom. The molecule has 4 heteroatoms. The molecule has 3 rings (SSSR count). The van der Waals surface area contributed by atoms with E-state index in [0.29, 0.717) is 6.54 Å². The van der Waals surface area contributed by atoms with Crippen molar-refractivity contribution in [3.63, 3.8) is 0 Å². The molecule has 0 amide bonds. The second-order valence-electron chi connectivity index (χ2n) is 5.04. The van der Waals surface area contributed by atoms with Crippen LogP contribution in [0, 0.1) is 0 Å². The molecule has 1 aliphatic heterocycles. The van der Waals surface area contributed by atoms with E-state index in [4.69, 9.17) is 0 Å². The van der Waals surface area contributed by atoms with E-state index in [0.717, 1.165) is 11.1 Å². The van der Waals surface area contributed by atoms with E-state index in [1.165, 1.54) is 0 Å². The molecule has 0 saturated carbocycles. The zero-order chi connectivity index (χ0) is 14.0. The normalized spacial score (nSPS) is 25.2. The smallest absolute Gasteiger partial charge is 0.160 e. The van der Waals surface area contributed by atoms with Gasteiger partial charge in [-0.3, -0.25) is 0 Å². The van der Waals surface area contributed by atoms with E-state index < -0.39 is 15.1 Å². The van der Waals surface area contributed by atoms with Gasteiger partial charge >= 0.3 is 0 Å². The number of hydrogen-bond donors (Lipinski definition) is 1. The summed E-state index contributed by atoms with van der Waals surface area (Å²) in [5.74, 6) is 0.190. The Hall–Kier alpha value is -1.65. The minimum Gasteiger partial charge on any atom is -0.308 e. The highest BCUT2D eigenvalue weighted by atomic mass is 32.2. The molecule has 2 atom stereocenters. The summed E-state index contributed by atoms with van der Waals surface area (Å²) in [6, 6.07) is 19.1. The van der Waals surface area contributed by atoms with E-state index in [9.17, 15) is 8.42 Å². The fraction of sp³-hybridized carbons (Fsp3) is 0.250. The number of sulfone groups is 1. The average Bonchev–Trinajstić information content (AvgIpc) is 2.48. The Morgan fingerprint density at radius 1 is 0.850 bits per heavy atom. The Kier molecular flexibility index (Phi) is 3.59. The molecule has 1 fully saturated rings. The monoisotopic (exact) mass is 287 g/mol. The summed E-state index contributed by atoms with van der Waals surface area (Å²) in [5.41, 5.74) is 1.87. The number of benzene rings is 2. The first kappa shape index (κ1) is 13.3. The Balaban J connectivity index is 2.08. The van der Waals surface area contributed by atoms with Gasteiger partial charge in [-0.15, -0.1) is 0 Å². The van der Waals surface area contributed by atoms with Gasteiger partial charge in [0.2, 0.25) is 0 Å². The minimum absolute atomic E-state index is 0.183. The van der Waals surface area contributed by atoms with E-state index in [1.54, 1.807) is 0 Å². The first-order valence-electron chi connectivity index (χ1n) is 6.73. The Bertz CT molecular complexity index is 668. The van der Waals surface area contributed by atoms with Gasteiger partial charge in [0.05, 0.1) is 11.8 Å². The van der Waals surface area contributed by atoms with Crippen LogP contribution < -0.4 is 5.32 Å². The van der Waals surface area contributed by atoms with Crippen LogP contribution in [0.25, 0.3) is 0 Å². The third-order valence-electron chi connectivity index (χ3n) is 3.73. The van der Waals surface area contributed by atoms with Gasteiger partial charge < -0.3 is 5.32 Å². The summed E-state index contributed by atoms with van der Waals surface area (Å²) in [6.45, 7) is 0.505. The molecule has 2 aromatic rings. The molecule has 0 bridgehead atoms. The molecule has 0 spiro atoms. The lowest BCUT2D eigenvalue weighted by Gasteiger charge is -2.33. The lowest BCUT2D eigenvalue weighted by atomic mass is 9.98. The molecule has 1 heterocycles. The van der Waals surface area contributed by atoms with Gasteiger partial charge in [0.15, 0.2) is 9.84 Å². The van der Waals surface area contributed by atoms with Gasteiger partial charge in [-0.2, -0.15) is 0 Å². The van der Waals surface area contributed by atoms with E-state index in [-0.39, 0.29) is 11.8 Å². The fourth-order valence-corrected chi connectivity index (χ4v) is 4.69. The molecule has 0 radical (unpaired) electrons. The van der Waals surface area contributed by atoms with Gasteiger partial charge in [-0.25, -0.2) is 8.42 Å². The Morgan fingerprint density at radius 2 is 1.40 bits per heavy atom. The first-order valence-corrected chi connectivity index (χ1v) is 8.45. The molecule has 0 aliphatic carbocycles. The largest absolute Gasteiger partial charge is 0.308 e. The summed E-state index contributed by atoms with van der Waals surface area (Å²) >= 11 is 0. The van der Waals surface area contributed by atoms with Crippen LogP contribution in [0.5, 0.6) is 0 Å². The van der Waals surface area contributed by atoms with Crippen LogP contribution in [0.4, 0.5) is 0 Å². The van der Waals surface area contributed by atoms with E-state index >= 15 is 0 Å². The molecule has 104 valence electrons. The van der Waals surface area contributed by atoms with Crippen LogP contribution in [-0.2, 0) is 9.84 Å². The molecule has 20 heavy (non-hydrogen) atoms. The molecule has 1 saturated heterocycles. The molecule has 0 aromatic heterocycles. The van der Waals surface area contributed by atoms with E-state index in [2.05, 4.69) is 5.32 Å². The maximum absolute atomic E-state index is 12.5. The zero-order valence-electron chi connectivity index (χ0n) is 11.1. The second-order valence-corrected chi connectivity index (χ2v) is 7.28. The van der Waals surface area contributed by atoms with Gasteiger partial charge in [0.25, 0.3) is 0 Å². The topological polar surface area (TPSA) is 46.2 Å². The van der Waals surface area contributed by atoms with Crippen LogP contribution in [0.3, 0.4) is 0 Å². The summed E-state index contributed by atoms with van der Waals surface area (Å²) < 4.78 is 25.1. The van der Waals surface area contributed by atoms with Gasteiger partial charge in [-0.05, 0) is 11.1 Å². The summed E-state index contributed by atoms with van der Waals surface area (Å²) in [7, 11) is -3.14. The van der Waals surface area contributed by atoms with Gasteiger partial charge in [0.1, 0.15) is 5.25 Å². The van der Waals surface area contributed by atoms with Crippen molar-refractivity contribution in [1.82, 2.24) is 5.32 Å². The van der Waals surface area contributed by atoms with Crippen molar-refractivity contribution in [2.75, 3.05) is 12.3 Å². The quantitative estimate of drug-likeness (QED) is 0.923. The minimum atomic E-state index is -3.14. The Labute approximate surface area is 119 Å². The van der Waals surface area contributed by atoms with E-state index in [1.807, 2.05) is 60.7 Å². The van der Waals surface area contributed by atoms with Crippen molar-refractivity contribution in [3.05, 3.63) is 71.8 Å². The number of nitrogens with one attached hydrogen (secondary N) is 1. The van der Waals surface area contributed by atoms with Crippen molar-refractivity contribution in [2.24, 2.45) is 0 Å². The third-order valence-corrected chi connectivity index (χ3v) is 5.82. The third kappa shape index (κ3) is 2.49. The van der Waals surface area contributed by atoms with Crippen molar-refractivity contribution in [2.45, 2.75) is 11.3 Å². The van der Waals surface area contributed by atoms with Crippen LogP contribution in [-0.4, -0.2) is 20.7 Å². The molecule has 3 nitrogen and oxygen atoms in total. The summed E-state index contributed by atoms with van der Waals surface area (Å²) in [6.07, 6.45) is 0. The average molecular weight is 287 g/mol. The first-order chi connectivity index (χ1) is 9.68. The summed E-state index contributed by atoms with van der Waals surface area (Å²) in [5, 5.41) is 2.85. The predicted molar refractivity (Wildman–Crippen MR) is 80.2 cm³/mol. The molecular formula is C16H17NO2S. The van der Waals surface area contributed by atoms with Crippen LogP contribution >= 0.6 is 0 Å². The van der Waals surface area contributed by atoms with Gasteiger partial charge in [-0.1, -0.05) is 60.7 Å². The van der Waals surface area contributed by atoms with Gasteiger partial charge in [0, 0.05) is 6.54 Å². The van der Waals surface area contributed by atoms with Crippen molar-refractivity contribution < 1.29 is 8.42 Å². The highest BCUT2D eigenvalue weighted by molar-refractivity contribution is 7.91. The number of hydrogen-bond acceptors (Lipinski definition) is 3. The maximum Gasteiger partial charge on any atom is 0.160 e. The van der Waals surface area contributed by atoms with Crippen LogP contribution in [0.15, 0.2) is 60.7 Å². The standard InChI is InChI=1S/C16H17NO2S/c18-20(19)12-11-17-15(13-7-3-1-4-8-13)16(20)14-9-5-2-6-10-14/h1-10,15-17H,11-12H2. The van der Waals surface area contributed by atoms with Crippen molar-refractivity contribution in [1.29, 1.82) is 0 Å². The molecule has 1 N–H and O–H groups in total. The number of rotatable bonds is 2. The van der Waals surface area contributed by atoms with Crippen LogP contribution in [0.1, 0.15) is 22.4 Å². The maximum atomic E-state index is 12.5. The second kappa shape index (κ2) is 5.38. The molecule has 2 aromatic carbocycles.